The van der Waals surface area contributed by atoms with Gasteiger partial charge in [0.2, 0.25) is 5.91 Å². The van der Waals surface area contributed by atoms with Crippen molar-refractivity contribution in [1.29, 1.82) is 0 Å². The Balaban J connectivity index is 1.50. The van der Waals surface area contributed by atoms with Crippen LogP contribution in [0, 0.1) is 6.92 Å². The highest BCUT2D eigenvalue weighted by atomic mass is 32.2. The number of aryl methyl sites for hydroxylation is 1. The van der Waals surface area contributed by atoms with Crippen LogP contribution < -0.4 is 14.8 Å². The van der Waals surface area contributed by atoms with Crippen molar-refractivity contribution in [2.75, 3.05) is 26.5 Å². The van der Waals surface area contributed by atoms with E-state index in [1.807, 2.05) is 25.1 Å². The normalized spacial score (nSPS) is 10.8. The molecule has 0 aliphatic rings. The summed E-state index contributed by atoms with van der Waals surface area (Å²) in [6.07, 6.45) is 2.27. The number of hydrogen-bond donors (Lipinski definition) is 1. The summed E-state index contributed by atoms with van der Waals surface area (Å²) in [5, 5.41) is 4.81. The lowest BCUT2D eigenvalue weighted by atomic mass is 10.1. The summed E-state index contributed by atoms with van der Waals surface area (Å²) < 4.78 is 10.5. The molecule has 2 aromatic heterocycles. The van der Waals surface area contributed by atoms with E-state index in [0.717, 1.165) is 27.2 Å². The number of nitrogens with one attached hydrogen (secondary N) is 1. The summed E-state index contributed by atoms with van der Waals surface area (Å²) in [7, 11) is 3.22. The molecule has 27 heavy (non-hydrogen) atoms. The topological polar surface area (TPSA) is 73.3 Å². The first-order valence-corrected chi connectivity index (χ1v) is 10.2. The first kappa shape index (κ1) is 19.4. The molecule has 0 bridgehead atoms. The molecular weight excluding hydrogens is 382 g/mol. The fourth-order valence-electron chi connectivity index (χ4n) is 2.64. The van der Waals surface area contributed by atoms with E-state index in [-0.39, 0.29) is 5.91 Å². The number of carbonyl (C=O) groups is 1. The van der Waals surface area contributed by atoms with Gasteiger partial charge in [0, 0.05) is 16.8 Å². The van der Waals surface area contributed by atoms with E-state index in [1.54, 1.807) is 31.9 Å². The molecule has 0 fully saturated rings. The van der Waals surface area contributed by atoms with Gasteiger partial charge in [-0.3, -0.25) is 4.79 Å². The molecule has 8 heteroatoms. The second-order valence-corrected chi connectivity index (χ2v) is 8.03. The molecule has 0 unspecified atom stereocenters. The van der Waals surface area contributed by atoms with E-state index >= 15 is 0 Å². The molecular formula is C19H21N3O3S2. The van der Waals surface area contributed by atoms with Gasteiger partial charge < -0.3 is 14.8 Å². The number of rotatable bonds is 8. The number of fused-ring (bicyclic) bond motifs is 1. The summed E-state index contributed by atoms with van der Waals surface area (Å²) in [5.74, 6) is 1.70. The van der Waals surface area contributed by atoms with E-state index in [2.05, 4.69) is 21.4 Å². The van der Waals surface area contributed by atoms with Crippen molar-refractivity contribution in [2.24, 2.45) is 0 Å². The van der Waals surface area contributed by atoms with Crippen LogP contribution in [-0.2, 0) is 11.2 Å². The highest BCUT2D eigenvalue weighted by molar-refractivity contribution is 8.00. The number of ether oxygens (including phenoxy) is 2. The molecule has 142 valence electrons. The second kappa shape index (κ2) is 9.05. The highest BCUT2D eigenvalue weighted by Crippen LogP contribution is 2.30. The fraction of sp³-hybridized carbons (Fsp3) is 0.316. The summed E-state index contributed by atoms with van der Waals surface area (Å²) in [6.45, 7) is 2.60. The quantitative estimate of drug-likeness (QED) is 0.459. The third-order valence-corrected chi connectivity index (χ3v) is 5.90. The van der Waals surface area contributed by atoms with Gasteiger partial charge in [0.15, 0.2) is 11.5 Å². The van der Waals surface area contributed by atoms with Gasteiger partial charge >= 0.3 is 0 Å². The van der Waals surface area contributed by atoms with E-state index in [4.69, 9.17) is 9.47 Å². The molecule has 1 N–H and O–H groups in total. The second-order valence-electron chi connectivity index (χ2n) is 5.83. The van der Waals surface area contributed by atoms with Gasteiger partial charge in [-0.25, -0.2) is 9.97 Å². The molecule has 2 heterocycles. The third-order valence-electron chi connectivity index (χ3n) is 3.94. The fourth-order valence-corrected chi connectivity index (χ4v) is 4.35. The van der Waals surface area contributed by atoms with Gasteiger partial charge in [-0.05, 0) is 37.1 Å². The zero-order valence-corrected chi connectivity index (χ0v) is 17.1. The molecule has 3 aromatic rings. The summed E-state index contributed by atoms with van der Waals surface area (Å²) >= 11 is 3.07. The van der Waals surface area contributed by atoms with Crippen molar-refractivity contribution in [3.05, 3.63) is 41.0 Å². The van der Waals surface area contributed by atoms with Crippen LogP contribution >= 0.6 is 23.1 Å². The maximum Gasteiger partial charge on any atom is 0.230 e. The lowest BCUT2D eigenvalue weighted by Crippen LogP contribution is -2.27. The molecule has 0 atom stereocenters. The predicted octanol–water partition coefficient (Wildman–Crippen LogP) is 3.47. The average molecular weight is 404 g/mol. The molecule has 1 aromatic carbocycles. The third kappa shape index (κ3) is 4.90. The number of thioether (sulfide) groups is 1. The van der Waals surface area contributed by atoms with Crippen molar-refractivity contribution < 1.29 is 14.3 Å². The minimum Gasteiger partial charge on any atom is -0.493 e. The van der Waals surface area contributed by atoms with Crippen LogP contribution in [0.1, 0.15) is 10.4 Å². The van der Waals surface area contributed by atoms with Crippen molar-refractivity contribution in [3.8, 4) is 11.5 Å². The van der Waals surface area contributed by atoms with Crippen molar-refractivity contribution in [1.82, 2.24) is 15.3 Å². The Morgan fingerprint density at radius 2 is 2.00 bits per heavy atom. The maximum absolute atomic E-state index is 12.2. The van der Waals surface area contributed by atoms with Gasteiger partial charge in [-0.2, -0.15) is 0 Å². The minimum atomic E-state index is -0.0146. The molecule has 0 saturated carbocycles. The lowest BCUT2D eigenvalue weighted by molar-refractivity contribution is -0.118. The van der Waals surface area contributed by atoms with Crippen molar-refractivity contribution in [3.63, 3.8) is 0 Å². The zero-order valence-electron chi connectivity index (χ0n) is 15.4. The number of amides is 1. The Hall–Kier alpha value is -2.32. The van der Waals surface area contributed by atoms with Crippen molar-refractivity contribution >= 4 is 39.2 Å². The van der Waals surface area contributed by atoms with Crippen molar-refractivity contribution in [2.45, 2.75) is 18.4 Å². The first-order chi connectivity index (χ1) is 13.1. The zero-order chi connectivity index (χ0) is 19.2. The molecule has 3 rings (SSSR count). The summed E-state index contributed by atoms with van der Waals surface area (Å²) in [6, 6.07) is 7.83. The van der Waals surface area contributed by atoms with Crippen LogP contribution in [0.2, 0.25) is 0 Å². The van der Waals surface area contributed by atoms with Gasteiger partial charge in [0.1, 0.15) is 16.2 Å². The standard InChI is InChI=1S/C19H21N3O3S2/c1-12-8-14-18(21-11-22-19(14)27-12)26-10-17(23)20-7-6-13-4-5-15(24-2)16(9-13)25-3/h4-5,8-9,11H,6-7,10H2,1-3H3,(H,20,23). The molecule has 1 amide bonds. The maximum atomic E-state index is 12.2. The number of methoxy groups -OCH3 is 2. The van der Waals surface area contributed by atoms with Gasteiger partial charge in [-0.15, -0.1) is 11.3 Å². The Morgan fingerprint density at radius 3 is 2.78 bits per heavy atom. The van der Waals surface area contributed by atoms with Gasteiger partial charge in [0.05, 0.1) is 20.0 Å². The Kier molecular flexibility index (Phi) is 6.52. The Bertz CT molecular complexity index is 943. The van der Waals surface area contributed by atoms with Crippen LogP contribution in [0.3, 0.4) is 0 Å². The van der Waals surface area contributed by atoms with E-state index in [0.29, 0.717) is 23.8 Å². The Morgan fingerprint density at radius 1 is 1.19 bits per heavy atom. The first-order valence-electron chi connectivity index (χ1n) is 8.42. The van der Waals surface area contributed by atoms with Crippen LogP contribution in [0.4, 0.5) is 0 Å². The highest BCUT2D eigenvalue weighted by Gasteiger charge is 2.10. The number of aromatic nitrogens is 2. The van der Waals surface area contributed by atoms with Gasteiger partial charge in [0.25, 0.3) is 0 Å². The molecule has 0 saturated heterocycles. The SMILES string of the molecule is COc1ccc(CCNC(=O)CSc2ncnc3sc(C)cc23)cc1OC. The smallest absolute Gasteiger partial charge is 0.230 e. The van der Waals surface area contributed by atoms with E-state index < -0.39 is 0 Å². The number of hydrogen-bond acceptors (Lipinski definition) is 7. The average Bonchev–Trinajstić information content (AvgIpc) is 3.06. The molecule has 0 spiro atoms. The molecule has 0 radical (unpaired) electrons. The van der Waals surface area contributed by atoms with Crippen LogP contribution in [-0.4, -0.2) is 42.4 Å². The van der Waals surface area contributed by atoms with E-state index in [1.165, 1.54) is 16.6 Å². The van der Waals surface area contributed by atoms with Crippen LogP contribution in [0.15, 0.2) is 35.6 Å². The minimum absolute atomic E-state index is 0.0146. The number of thiophene rings is 1. The number of carbonyl (C=O) groups excluding carboxylic acids is 1. The Labute approximate surface area is 166 Å². The van der Waals surface area contributed by atoms with Crippen LogP contribution in [0.5, 0.6) is 11.5 Å². The monoisotopic (exact) mass is 403 g/mol. The molecule has 0 aliphatic carbocycles. The van der Waals surface area contributed by atoms with E-state index in [9.17, 15) is 4.79 Å². The summed E-state index contributed by atoms with van der Waals surface area (Å²) in [5.41, 5.74) is 1.08. The lowest BCUT2D eigenvalue weighted by Gasteiger charge is -2.10. The van der Waals surface area contributed by atoms with Gasteiger partial charge in [-0.1, -0.05) is 17.8 Å². The predicted molar refractivity (Wildman–Crippen MR) is 109 cm³/mol. The largest absolute Gasteiger partial charge is 0.493 e. The summed E-state index contributed by atoms with van der Waals surface area (Å²) in [4.78, 5) is 22.9. The molecule has 0 aliphatic heterocycles. The number of nitrogens with zero attached hydrogens (tertiary/aromatic N) is 2. The van der Waals surface area contributed by atoms with Crippen LogP contribution in [0.25, 0.3) is 10.2 Å². The number of benzene rings is 1. The molecule has 6 nitrogen and oxygen atoms in total.